The van der Waals surface area contributed by atoms with Crippen molar-refractivity contribution in [2.24, 2.45) is 0 Å². The molecule has 3 amide bonds. The molecule has 6 nitrogen and oxygen atoms in total. The molecule has 0 spiro atoms. The Hall–Kier alpha value is -2.81. The number of nitrogens with one attached hydrogen (secondary N) is 2. The van der Waals surface area contributed by atoms with Crippen molar-refractivity contribution in [2.75, 3.05) is 29.9 Å². The number of anilines is 1. The molecule has 1 fully saturated rings. The summed E-state index contributed by atoms with van der Waals surface area (Å²) < 4.78 is 28.6. The normalized spacial score (nSPS) is 13.8. The summed E-state index contributed by atoms with van der Waals surface area (Å²) in [5.74, 6) is 2.16. The molecule has 0 aromatic heterocycles. The minimum absolute atomic E-state index is 0.0657. The number of urea groups is 1. The highest BCUT2D eigenvalue weighted by atomic mass is 32.2. The van der Waals surface area contributed by atoms with Crippen molar-refractivity contribution in [2.45, 2.75) is 19.6 Å². The largest absolute Gasteiger partial charge is 0.435 e. The van der Waals surface area contributed by atoms with Crippen molar-refractivity contribution in [3.63, 3.8) is 0 Å². The molecule has 2 aromatic carbocycles. The van der Waals surface area contributed by atoms with Gasteiger partial charge in [0.05, 0.1) is 6.42 Å². The summed E-state index contributed by atoms with van der Waals surface area (Å²) in [4.78, 5) is 26.3. The van der Waals surface area contributed by atoms with E-state index in [4.69, 9.17) is 0 Å². The summed E-state index contributed by atoms with van der Waals surface area (Å²) in [6, 6.07) is 12.8. The van der Waals surface area contributed by atoms with Crippen LogP contribution in [-0.4, -0.2) is 48.0 Å². The van der Waals surface area contributed by atoms with Crippen LogP contribution in [0.25, 0.3) is 0 Å². The Kier molecular flexibility index (Phi) is 7.89. The van der Waals surface area contributed by atoms with Crippen molar-refractivity contribution in [3.8, 4) is 5.75 Å². The molecule has 2 N–H and O–H groups in total. The summed E-state index contributed by atoms with van der Waals surface area (Å²) in [6.07, 6.45) is 0.350. The highest BCUT2D eigenvalue weighted by Gasteiger charge is 2.16. The lowest BCUT2D eigenvalue weighted by molar-refractivity contribution is -0.130. The van der Waals surface area contributed by atoms with Crippen LogP contribution in [0.2, 0.25) is 0 Å². The van der Waals surface area contributed by atoms with Gasteiger partial charge in [0.15, 0.2) is 0 Å². The number of carbonyl (C=O) groups excluding carboxylic acids is 2. The number of rotatable bonds is 7. The number of ether oxygens (including phenoxy) is 1. The Morgan fingerprint density at radius 2 is 1.63 bits per heavy atom. The predicted octanol–water partition coefficient (Wildman–Crippen LogP) is 3.73. The van der Waals surface area contributed by atoms with Crippen molar-refractivity contribution in [1.29, 1.82) is 0 Å². The van der Waals surface area contributed by atoms with Gasteiger partial charge in [0, 0.05) is 36.8 Å². The molecule has 9 heteroatoms. The first kappa shape index (κ1) is 21.9. The zero-order chi connectivity index (χ0) is 21.3. The maximum absolute atomic E-state index is 12.3. The van der Waals surface area contributed by atoms with Crippen LogP contribution >= 0.6 is 11.8 Å². The smallest absolute Gasteiger partial charge is 0.387 e. The topological polar surface area (TPSA) is 70.7 Å². The van der Waals surface area contributed by atoms with Crippen molar-refractivity contribution in [1.82, 2.24) is 10.2 Å². The molecule has 0 unspecified atom stereocenters. The molecular formula is C21H23F2N3O3S. The van der Waals surface area contributed by atoms with E-state index in [1.807, 2.05) is 28.8 Å². The van der Waals surface area contributed by atoms with Crippen molar-refractivity contribution >= 4 is 29.4 Å². The molecule has 0 bridgehead atoms. The number of amides is 3. The Morgan fingerprint density at radius 3 is 2.27 bits per heavy atom. The number of thioether (sulfide) groups is 1. The van der Waals surface area contributed by atoms with E-state index >= 15 is 0 Å². The second kappa shape index (κ2) is 10.8. The molecule has 1 saturated heterocycles. The zero-order valence-corrected chi connectivity index (χ0v) is 17.1. The van der Waals surface area contributed by atoms with Gasteiger partial charge in [0.2, 0.25) is 5.91 Å². The molecule has 160 valence electrons. The Bertz CT molecular complexity index is 842. The number of alkyl halides is 2. The van der Waals surface area contributed by atoms with Crippen LogP contribution in [0.4, 0.5) is 19.3 Å². The van der Waals surface area contributed by atoms with Gasteiger partial charge >= 0.3 is 12.6 Å². The summed E-state index contributed by atoms with van der Waals surface area (Å²) >= 11 is 1.86. The van der Waals surface area contributed by atoms with E-state index in [0.717, 1.165) is 35.7 Å². The molecule has 0 saturated carbocycles. The molecule has 0 atom stereocenters. The second-order valence-corrected chi connectivity index (χ2v) is 7.92. The van der Waals surface area contributed by atoms with Gasteiger partial charge in [-0.05, 0) is 35.4 Å². The third-order valence-corrected chi connectivity index (χ3v) is 5.48. The molecule has 30 heavy (non-hydrogen) atoms. The lowest BCUT2D eigenvalue weighted by Crippen LogP contribution is -2.38. The van der Waals surface area contributed by atoms with E-state index in [0.29, 0.717) is 12.1 Å². The van der Waals surface area contributed by atoms with Gasteiger partial charge in [0.1, 0.15) is 5.75 Å². The first-order valence-electron chi connectivity index (χ1n) is 9.52. The summed E-state index contributed by atoms with van der Waals surface area (Å²) in [5, 5.41) is 5.42. The van der Waals surface area contributed by atoms with E-state index in [1.165, 1.54) is 12.1 Å². The summed E-state index contributed by atoms with van der Waals surface area (Å²) in [6.45, 7) is -1.04. The van der Waals surface area contributed by atoms with E-state index in [-0.39, 0.29) is 18.2 Å². The molecule has 1 heterocycles. The monoisotopic (exact) mass is 435 g/mol. The first-order valence-corrected chi connectivity index (χ1v) is 10.7. The van der Waals surface area contributed by atoms with Crippen LogP contribution in [0.3, 0.4) is 0 Å². The molecule has 0 radical (unpaired) electrons. The first-order chi connectivity index (χ1) is 14.5. The number of hydrogen-bond donors (Lipinski definition) is 2. The standard InChI is InChI=1S/C21H23F2N3O3S/c22-20(23)29-18-7-3-16(4-8-18)14-24-21(28)25-17-5-1-15(2-6-17)13-19(27)26-9-11-30-12-10-26/h1-8,20H,9-14H2,(H2,24,25,28). The van der Waals surface area contributed by atoms with Crippen LogP contribution in [0.5, 0.6) is 5.75 Å². The minimum Gasteiger partial charge on any atom is -0.435 e. The van der Waals surface area contributed by atoms with Gasteiger partial charge in [0.25, 0.3) is 0 Å². The highest BCUT2D eigenvalue weighted by Crippen LogP contribution is 2.16. The SMILES string of the molecule is O=C(NCc1ccc(OC(F)F)cc1)Nc1ccc(CC(=O)N2CCSCC2)cc1. The van der Waals surface area contributed by atoms with Gasteiger partial charge in [-0.2, -0.15) is 20.5 Å². The number of nitrogens with zero attached hydrogens (tertiary/aromatic N) is 1. The average molecular weight is 435 g/mol. The van der Waals surface area contributed by atoms with Gasteiger partial charge in [-0.25, -0.2) is 4.79 Å². The Balaban J connectivity index is 1.43. The van der Waals surface area contributed by atoms with Gasteiger partial charge in [-0.15, -0.1) is 0 Å². The fraction of sp³-hybridized carbons (Fsp3) is 0.333. The van der Waals surface area contributed by atoms with Gasteiger partial charge in [-0.3, -0.25) is 4.79 Å². The van der Waals surface area contributed by atoms with Gasteiger partial charge in [-0.1, -0.05) is 24.3 Å². The third-order valence-electron chi connectivity index (χ3n) is 4.53. The van der Waals surface area contributed by atoms with Crippen LogP contribution < -0.4 is 15.4 Å². The molecule has 2 aromatic rings. The maximum atomic E-state index is 12.3. The molecular weight excluding hydrogens is 412 g/mol. The fourth-order valence-electron chi connectivity index (χ4n) is 2.95. The van der Waals surface area contributed by atoms with Crippen molar-refractivity contribution < 1.29 is 23.1 Å². The lowest BCUT2D eigenvalue weighted by atomic mass is 10.1. The minimum atomic E-state index is -2.87. The van der Waals surface area contributed by atoms with E-state index < -0.39 is 12.6 Å². The molecule has 1 aliphatic rings. The number of hydrogen-bond acceptors (Lipinski definition) is 4. The third kappa shape index (κ3) is 6.91. The number of benzene rings is 2. The predicted molar refractivity (Wildman–Crippen MR) is 113 cm³/mol. The fourth-order valence-corrected chi connectivity index (χ4v) is 3.85. The Labute approximate surface area is 178 Å². The molecule has 0 aliphatic carbocycles. The zero-order valence-electron chi connectivity index (χ0n) is 16.3. The van der Waals surface area contributed by atoms with Crippen LogP contribution in [0.1, 0.15) is 11.1 Å². The Morgan fingerprint density at radius 1 is 1.00 bits per heavy atom. The van der Waals surface area contributed by atoms with E-state index in [9.17, 15) is 18.4 Å². The number of halogens is 2. The summed E-state index contributed by atoms with van der Waals surface area (Å²) in [5.41, 5.74) is 2.26. The van der Waals surface area contributed by atoms with E-state index in [1.54, 1.807) is 24.3 Å². The summed E-state index contributed by atoms with van der Waals surface area (Å²) in [7, 11) is 0. The number of carbonyl (C=O) groups is 2. The van der Waals surface area contributed by atoms with Crippen LogP contribution in [0, 0.1) is 0 Å². The molecule has 1 aliphatic heterocycles. The lowest BCUT2D eigenvalue weighted by Gasteiger charge is -2.26. The average Bonchev–Trinajstić information content (AvgIpc) is 2.75. The van der Waals surface area contributed by atoms with Crippen LogP contribution in [0.15, 0.2) is 48.5 Å². The van der Waals surface area contributed by atoms with E-state index in [2.05, 4.69) is 15.4 Å². The van der Waals surface area contributed by atoms with Gasteiger partial charge < -0.3 is 20.3 Å². The van der Waals surface area contributed by atoms with Crippen molar-refractivity contribution in [3.05, 3.63) is 59.7 Å². The highest BCUT2D eigenvalue weighted by molar-refractivity contribution is 7.99. The van der Waals surface area contributed by atoms with Crippen LogP contribution in [-0.2, 0) is 17.8 Å². The quantitative estimate of drug-likeness (QED) is 0.695. The second-order valence-electron chi connectivity index (χ2n) is 6.70. The maximum Gasteiger partial charge on any atom is 0.387 e. The molecule has 3 rings (SSSR count).